The minimum Gasteiger partial charge on any atom is -0.487 e. The molecule has 1 heterocycles. The van der Waals surface area contributed by atoms with Gasteiger partial charge in [0.15, 0.2) is 0 Å². The number of aryl methyl sites for hydroxylation is 1. The largest absolute Gasteiger partial charge is 0.487 e. The van der Waals surface area contributed by atoms with Crippen LogP contribution in [-0.2, 0) is 6.42 Å². The molecule has 3 aromatic carbocycles. The van der Waals surface area contributed by atoms with Crippen LogP contribution in [0.2, 0.25) is 0 Å². The van der Waals surface area contributed by atoms with E-state index in [1.807, 2.05) is 84.9 Å². The molecular weight excluding hydrogens is 362 g/mol. The van der Waals surface area contributed by atoms with Crippen molar-refractivity contribution in [3.05, 3.63) is 96.1 Å². The quantitative estimate of drug-likeness (QED) is 0.509. The molecule has 144 valence electrons. The van der Waals surface area contributed by atoms with Gasteiger partial charge in [-0.3, -0.25) is 0 Å². The number of benzene rings is 3. The van der Waals surface area contributed by atoms with Crippen molar-refractivity contribution in [1.29, 1.82) is 0 Å². The molecule has 0 spiro atoms. The molecule has 1 N–H and O–H groups in total. The fourth-order valence-corrected chi connectivity index (χ4v) is 3.82. The van der Waals surface area contributed by atoms with Gasteiger partial charge in [-0.05, 0) is 60.4 Å². The molecule has 0 bridgehead atoms. The molecule has 4 aromatic rings. The van der Waals surface area contributed by atoms with Crippen LogP contribution in [0, 0.1) is 0 Å². The molecule has 29 heavy (non-hydrogen) atoms. The maximum absolute atomic E-state index is 10.9. The van der Waals surface area contributed by atoms with Gasteiger partial charge in [-0.1, -0.05) is 42.5 Å². The predicted octanol–water partition coefficient (Wildman–Crippen LogP) is 5.45. The van der Waals surface area contributed by atoms with Crippen molar-refractivity contribution in [1.82, 2.24) is 4.98 Å². The smallest absolute Gasteiger partial charge is 0.219 e. The number of aliphatic hydroxyl groups excluding tert-OH is 1. The highest BCUT2D eigenvalue weighted by Gasteiger charge is 2.30. The van der Waals surface area contributed by atoms with Gasteiger partial charge in [-0.15, -0.1) is 0 Å². The molecule has 4 heteroatoms. The Hall–Kier alpha value is -3.37. The number of hydrogen-bond acceptors (Lipinski definition) is 4. The predicted molar refractivity (Wildman–Crippen MR) is 112 cm³/mol. The van der Waals surface area contributed by atoms with Crippen LogP contribution in [0.4, 0.5) is 0 Å². The number of rotatable bonds is 4. The van der Waals surface area contributed by atoms with E-state index in [0.29, 0.717) is 11.6 Å². The van der Waals surface area contributed by atoms with E-state index >= 15 is 0 Å². The molecule has 0 saturated carbocycles. The highest BCUT2D eigenvalue weighted by atomic mass is 16.5. The third kappa shape index (κ3) is 3.67. The van der Waals surface area contributed by atoms with Crippen molar-refractivity contribution in [3.63, 3.8) is 0 Å². The number of ether oxygens (including phenoxy) is 2. The van der Waals surface area contributed by atoms with Crippen molar-refractivity contribution in [2.45, 2.75) is 25.0 Å². The average Bonchev–Trinajstić information content (AvgIpc) is 2.77. The first-order chi connectivity index (χ1) is 14.3. The summed E-state index contributed by atoms with van der Waals surface area (Å²) < 4.78 is 12.0. The molecular formula is C25H21NO3. The van der Waals surface area contributed by atoms with Crippen LogP contribution in [0.25, 0.3) is 10.9 Å². The number of para-hydroxylation sites is 2. The van der Waals surface area contributed by atoms with Gasteiger partial charge in [-0.25, -0.2) is 4.98 Å². The second-order valence-corrected chi connectivity index (χ2v) is 7.26. The Labute approximate surface area is 169 Å². The van der Waals surface area contributed by atoms with Gasteiger partial charge in [0.05, 0.1) is 5.52 Å². The molecule has 5 rings (SSSR count). The number of fused-ring (bicyclic) bond motifs is 2. The number of nitrogens with zero attached hydrogens (tertiary/aromatic N) is 1. The van der Waals surface area contributed by atoms with E-state index in [4.69, 9.17) is 9.47 Å². The van der Waals surface area contributed by atoms with Crippen molar-refractivity contribution >= 4 is 10.9 Å². The highest BCUT2D eigenvalue weighted by Crippen LogP contribution is 2.35. The summed E-state index contributed by atoms with van der Waals surface area (Å²) in [5.74, 6) is 1.96. The lowest BCUT2D eigenvalue weighted by atomic mass is 9.87. The lowest BCUT2D eigenvalue weighted by molar-refractivity contribution is 0.0229. The Kier molecular flexibility index (Phi) is 4.62. The molecule has 0 aliphatic heterocycles. The number of pyridine rings is 1. The third-order valence-corrected chi connectivity index (χ3v) is 5.31. The first-order valence-electron chi connectivity index (χ1n) is 9.82. The van der Waals surface area contributed by atoms with Gasteiger partial charge in [0.1, 0.15) is 23.7 Å². The standard InChI is InChI=1S/C25H21NO3/c27-25-21-16-20(29-24-15-12-18-6-4-5-9-22(18)26-24)13-10-17(21)11-14-23(25)28-19-7-2-1-3-8-19/h1-10,12-13,15-16,23,25,27H,11,14H2/t23-,25+/m0/s1. The first-order valence-corrected chi connectivity index (χ1v) is 9.82. The van der Waals surface area contributed by atoms with Crippen LogP contribution >= 0.6 is 0 Å². The molecule has 0 unspecified atom stereocenters. The van der Waals surface area contributed by atoms with Gasteiger partial charge in [0.25, 0.3) is 0 Å². The second-order valence-electron chi connectivity index (χ2n) is 7.26. The minimum absolute atomic E-state index is 0.279. The van der Waals surface area contributed by atoms with Crippen LogP contribution in [0.15, 0.2) is 84.9 Å². The Morgan fingerprint density at radius 1 is 0.828 bits per heavy atom. The molecule has 0 radical (unpaired) electrons. The Balaban J connectivity index is 1.38. The zero-order valence-corrected chi connectivity index (χ0v) is 15.9. The Morgan fingerprint density at radius 2 is 1.66 bits per heavy atom. The molecule has 0 fully saturated rings. The number of hydrogen-bond donors (Lipinski definition) is 1. The Morgan fingerprint density at radius 3 is 2.55 bits per heavy atom. The monoisotopic (exact) mass is 383 g/mol. The lowest BCUT2D eigenvalue weighted by Gasteiger charge is -2.30. The number of aromatic nitrogens is 1. The fourth-order valence-electron chi connectivity index (χ4n) is 3.82. The summed E-state index contributed by atoms with van der Waals surface area (Å²) >= 11 is 0. The van der Waals surface area contributed by atoms with Gasteiger partial charge >= 0.3 is 0 Å². The molecule has 4 nitrogen and oxygen atoms in total. The summed E-state index contributed by atoms with van der Waals surface area (Å²) in [4.78, 5) is 4.56. The molecule has 0 saturated heterocycles. The van der Waals surface area contributed by atoms with E-state index in [1.54, 1.807) is 0 Å². The minimum atomic E-state index is -0.702. The lowest BCUT2D eigenvalue weighted by Crippen LogP contribution is -2.30. The summed E-state index contributed by atoms with van der Waals surface area (Å²) in [6.07, 6.45) is 0.652. The topological polar surface area (TPSA) is 51.6 Å². The van der Waals surface area contributed by atoms with Crippen LogP contribution in [0.3, 0.4) is 0 Å². The summed E-state index contributed by atoms with van der Waals surface area (Å²) in [6, 6.07) is 27.3. The molecule has 2 atom stereocenters. The van der Waals surface area contributed by atoms with Crippen LogP contribution in [-0.4, -0.2) is 16.2 Å². The van der Waals surface area contributed by atoms with E-state index < -0.39 is 6.10 Å². The maximum Gasteiger partial charge on any atom is 0.219 e. The van der Waals surface area contributed by atoms with Crippen LogP contribution in [0.1, 0.15) is 23.7 Å². The van der Waals surface area contributed by atoms with Gasteiger partial charge < -0.3 is 14.6 Å². The number of aliphatic hydroxyl groups is 1. The first kappa shape index (κ1) is 17.7. The highest BCUT2D eigenvalue weighted by molar-refractivity contribution is 5.78. The summed E-state index contributed by atoms with van der Waals surface area (Å²) in [7, 11) is 0. The average molecular weight is 383 g/mol. The zero-order valence-electron chi connectivity index (χ0n) is 15.9. The van der Waals surface area contributed by atoms with Gasteiger partial charge in [0.2, 0.25) is 5.88 Å². The van der Waals surface area contributed by atoms with Crippen molar-refractivity contribution in [2.75, 3.05) is 0 Å². The SMILES string of the molecule is O[C@@H]1c2cc(Oc3ccc4ccccc4n3)ccc2CC[C@@H]1Oc1ccccc1. The fraction of sp³-hybridized carbons (Fsp3) is 0.160. The third-order valence-electron chi connectivity index (χ3n) is 5.31. The summed E-state index contributed by atoms with van der Waals surface area (Å²) in [5.41, 5.74) is 2.87. The van der Waals surface area contributed by atoms with Crippen molar-refractivity contribution in [3.8, 4) is 17.4 Å². The van der Waals surface area contributed by atoms with Crippen molar-refractivity contribution in [2.24, 2.45) is 0 Å². The molecule has 0 amide bonds. The normalized spacial score (nSPS) is 18.2. The summed E-state index contributed by atoms with van der Waals surface area (Å²) in [6.45, 7) is 0. The van der Waals surface area contributed by atoms with E-state index in [2.05, 4.69) is 4.98 Å². The Bertz CT molecular complexity index is 1140. The zero-order chi connectivity index (χ0) is 19.6. The van der Waals surface area contributed by atoms with Crippen LogP contribution in [0.5, 0.6) is 17.4 Å². The van der Waals surface area contributed by atoms with Gasteiger partial charge in [0, 0.05) is 11.5 Å². The van der Waals surface area contributed by atoms with Gasteiger partial charge in [-0.2, -0.15) is 0 Å². The van der Waals surface area contributed by atoms with E-state index in [9.17, 15) is 5.11 Å². The van der Waals surface area contributed by atoms with Crippen LogP contribution < -0.4 is 9.47 Å². The second kappa shape index (κ2) is 7.57. The van der Waals surface area contributed by atoms with E-state index in [1.165, 1.54) is 0 Å². The van der Waals surface area contributed by atoms with E-state index in [0.717, 1.165) is 40.6 Å². The molecule has 1 aliphatic rings. The van der Waals surface area contributed by atoms with E-state index in [-0.39, 0.29) is 6.10 Å². The maximum atomic E-state index is 10.9. The van der Waals surface area contributed by atoms with Crippen molar-refractivity contribution < 1.29 is 14.6 Å². The molecule has 1 aromatic heterocycles. The molecule has 1 aliphatic carbocycles. The summed E-state index contributed by atoms with van der Waals surface area (Å²) in [5, 5.41) is 12.0.